The second-order valence-corrected chi connectivity index (χ2v) is 37.4. The van der Waals surface area contributed by atoms with Crippen LogP contribution in [0, 0.1) is 83.9 Å². The van der Waals surface area contributed by atoms with Crippen LogP contribution in [0.15, 0.2) is 107 Å². The molecule has 0 unspecified atom stereocenters. The highest BCUT2D eigenvalue weighted by atomic mass is 35.5. The van der Waals surface area contributed by atoms with E-state index in [1.54, 1.807) is 82.1 Å². The van der Waals surface area contributed by atoms with Gasteiger partial charge in [-0.15, -0.1) is 0 Å². The maximum Gasteiger partial charge on any atom is 0.276 e. The summed E-state index contributed by atoms with van der Waals surface area (Å²) >= 11 is 62.7. The van der Waals surface area contributed by atoms with E-state index in [9.17, 15) is 73.0 Å². The Bertz CT molecular complexity index is 6790. The monoisotopic (exact) mass is 2070 g/mol. The molecule has 3 saturated heterocycles. The van der Waals surface area contributed by atoms with Crippen molar-refractivity contribution in [3.8, 4) is 86.3 Å². The Kier molecular flexibility index (Phi) is 30.6. The van der Waals surface area contributed by atoms with Gasteiger partial charge in [-0.05, 0) is 131 Å². The molecule has 0 radical (unpaired) electrons. The lowest BCUT2D eigenvalue weighted by Gasteiger charge is -2.41. The largest absolute Gasteiger partial charge is 0.506 e. The predicted octanol–water partition coefficient (Wildman–Crippen LogP) is 21.3. The second kappa shape index (κ2) is 41.0. The molecule has 42 heteroatoms. The molecule has 3 amide bonds. The summed E-state index contributed by atoms with van der Waals surface area (Å²) in [7, 11) is 0. The normalized spacial score (nSPS) is 15.0. The Labute approximate surface area is 836 Å². The summed E-state index contributed by atoms with van der Waals surface area (Å²) in [5, 5.41) is 58.0. The maximum absolute atomic E-state index is 15.5. The van der Waals surface area contributed by atoms with Crippen molar-refractivity contribution in [1.29, 1.82) is 15.8 Å². The van der Waals surface area contributed by atoms with Gasteiger partial charge in [-0.1, -0.05) is 177 Å². The first-order chi connectivity index (χ1) is 65.2. The van der Waals surface area contributed by atoms with Crippen LogP contribution in [0.5, 0.6) is 17.2 Å². The Morgan fingerprint density at radius 1 is 0.399 bits per heavy atom. The number of aromatic hydroxyl groups is 3. The summed E-state index contributed by atoms with van der Waals surface area (Å²) in [4.78, 5) is 119. The average Bonchev–Trinajstić information content (AvgIpc) is 0.726. The topological polar surface area (TPSA) is 346 Å². The van der Waals surface area contributed by atoms with Crippen molar-refractivity contribution in [1.82, 2.24) is 58.3 Å². The number of anilines is 3. The van der Waals surface area contributed by atoms with Gasteiger partial charge in [0, 0.05) is 112 Å². The van der Waals surface area contributed by atoms with Crippen molar-refractivity contribution in [3.63, 3.8) is 0 Å². The molecule has 12 heterocycles. The van der Waals surface area contributed by atoms with Crippen LogP contribution in [0.3, 0.4) is 0 Å². The molecular weight excluding hydrogens is 2000 g/mol. The highest BCUT2D eigenvalue weighted by Gasteiger charge is 2.40. The lowest BCUT2D eigenvalue weighted by Crippen LogP contribution is -2.54. The molecule has 0 saturated carbocycles. The molecule has 3 aliphatic rings. The number of fused-ring (bicyclic) bond motifs is 3. The van der Waals surface area contributed by atoms with Gasteiger partial charge >= 0.3 is 0 Å². The van der Waals surface area contributed by atoms with Gasteiger partial charge in [0.25, 0.3) is 16.7 Å². The van der Waals surface area contributed by atoms with Gasteiger partial charge in [0.15, 0.2) is 40.6 Å². The van der Waals surface area contributed by atoms with Gasteiger partial charge in [0.2, 0.25) is 17.7 Å². The molecule has 12 aromatic rings. The number of phenolic OH excluding ortho intramolecular Hbond substituents is 3. The number of amides is 3. The summed E-state index contributed by atoms with van der Waals surface area (Å²) in [6.07, 6.45) is 8.50. The third-order valence-electron chi connectivity index (χ3n) is 24.0. The zero-order valence-corrected chi connectivity index (χ0v) is 82.9. The van der Waals surface area contributed by atoms with E-state index in [1.807, 2.05) is 67.2 Å². The third kappa shape index (κ3) is 18.1. The molecule has 3 aliphatic heterocycles. The predicted molar refractivity (Wildman–Crippen MR) is 528 cm³/mol. The van der Waals surface area contributed by atoms with Gasteiger partial charge < -0.3 is 44.7 Å². The van der Waals surface area contributed by atoms with Crippen LogP contribution < -0.4 is 31.4 Å². The van der Waals surface area contributed by atoms with Crippen molar-refractivity contribution in [2.24, 2.45) is 0 Å². The van der Waals surface area contributed by atoms with E-state index >= 15 is 8.78 Å². The number of piperazine rings is 3. The Morgan fingerprint density at radius 2 is 0.659 bits per heavy atom. The molecule has 3 aromatic carbocycles. The number of nitrogens with zero attached hydrogens (tertiary/aromatic N) is 18. The number of rotatable bonds is 15. The minimum atomic E-state index is -1.37. The van der Waals surface area contributed by atoms with E-state index in [0.29, 0.717) is 62.8 Å². The molecule has 15 rings (SSSR count). The molecule has 0 bridgehead atoms. The summed E-state index contributed by atoms with van der Waals surface area (Å²) in [5.74, 6) is -10.8. The van der Waals surface area contributed by atoms with E-state index in [-0.39, 0.29) is 205 Å². The molecule has 3 atom stereocenters. The van der Waals surface area contributed by atoms with Crippen LogP contribution in [0.25, 0.3) is 83.9 Å². The van der Waals surface area contributed by atoms with Crippen molar-refractivity contribution in [2.75, 3.05) is 73.6 Å². The van der Waals surface area contributed by atoms with E-state index in [0.717, 1.165) is 0 Å². The van der Waals surface area contributed by atoms with E-state index < -0.39 is 109 Å². The number of phenols is 3. The SMILES string of the molecule is C=CC(=O)N1CCN(c2c(C#N)c(=O)n(-c3c(C)ccnc3C(C)C)c3nc(-c4c(F)c(O)c(Cl)c(F)c4Cl)c(Cl)cc23)C[C@H]1C.C=CC(=O)N1CCN(c2c(C#N)c(=O)n(-c3c(C)ccnc3C(C)C)c3nc(-c4c(F)c(O)c(Cl)c(F)c4Cl)c(Cl)cc23)C[C@H]1C.C=CC(=O)N1CCN(c2c(C#N)c(=O)n(-c3c(C)ccnc3C(C)C)c3nc(-c4c(O)c(Cl)c(F)c(Cl)c4Cl)c(Cl)cc23)C[C@H]1C. The fourth-order valence-corrected chi connectivity index (χ4v) is 19.8. The lowest BCUT2D eigenvalue weighted by molar-refractivity contribution is -0.129. The van der Waals surface area contributed by atoms with Gasteiger partial charge in [0.05, 0.1) is 120 Å². The summed E-state index contributed by atoms with van der Waals surface area (Å²) < 4.78 is 79.2. The molecule has 3 fully saturated rings. The Balaban J connectivity index is 0.000000175. The van der Waals surface area contributed by atoms with Crippen LogP contribution >= 0.6 is 116 Å². The molecule has 0 aliphatic carbocycles. The van der Waals surface area contributed by atoms with Crippen LogP contribution in [-0.4, -0.2) is 168 Å². The number of benzene rings is 3. The number of pyridine rings is 9. The van der Waals surface area contributed by atoms with Gasteiger partial charge in [-0.25, -0.2) is 36.9 Å². The van der Waals surface area contributed by atoms with Crippen molar-refractivity contribution >= 4 is 184 Å². The number of aryl methyl sites for hydroxylation is 3. The van der Waals surface area contributed by atoms with Gasteiger partial charge in [0.1, 0.15) is 72.7 Å². The molecule has 714 valence electrons. The number of hydrogen-bond acceptors (Lipinski definition) is 21. The molecule has 138 heavy (non-hydrogen) atoms. The van der Waals surface area contributed by atoms with E-state index in [1.165, 1.54) is 50.1 Å². The quantitative estimate of drug-likeness (QED) is 0.0371. The summed E-state index contributed by atoms with van der Waals surface area (Å²) in [6, 6.07) is 14.6. The zero-order chi connectivity index (χ0) is 101. The van der Waals surface area contributed by atoms with Crippen LogP contribution in [0.4, 0.5) is 39.0 Å². The molecule has 0 spiro atoms. The number of nitriles is 3. The minimum Gasteiger partial charge on any atom is -0.506 e. The molecular formula is C96H81Cl10F5N18O9. The summed E-state index contributed by atoms with van der Waals surface area (Å²) in [5.41, 5.74) is 0.0488. The van der Waals surface area contributed by atoms with Crippen LogP contribution in [0.1, 0.15) is 131 Å². The van der Waals surface area contributed by atoms with Gasteiger partial charge in [-0.2, -0.15) is 15.8 Å². The highest BCUT2D eigenvalue weighted by Crippen LogP contribution is 2.52. The standard InChI is InChI=1S/C32H27Cl4FN6O3.2C32H27Cl3F2N6O3/c1-6-20(44)42-10-9-41(13-16(42)5)29-17-11-19(33)27(21-22(34)23(35)25(37)24(36)30(21)45)40-31(17)43(32(46)18(29)12-38)28-15(4)7-8-39-26(28)14(2)3;2*1-6-20(44)42-10-9-41(13-16(42)5)29-17-11-19(33)27(21-22(34)25(37)23(35)30(45)24(21)36)40-31(17)43(32(46)18(29)12-38)28-15(4)7-8-39-26(28)14(2)3/h3*6-8,11,14,16,45H,1,9-10,13H2,2-5H3/t3*16-/m111/s1. The smallest absolute Gasteiger partial charge is 0.276 e. The molecule has 9 aromatic heterocycles. The van der Waals surface area contributed by atoms with E-state index in [4.69, 9.17) is 121 Å². The number of hydrogen-bond donors (Lipinski definition) is 3. The number of aromatic nitrogens is 9. The van der Waals surface area contributed by atoms with Gasteiger partial charge in [-0.3, -0.25) is 57.4 Å². The lowest BCUT2D eigenvalue weighted by atomic mass is 10.0. The second-order valence-electron chi connectivity index (χ2n) is 33.6. The maximum atomic E-state index is 15.5. The van der Waals surface area contributed by atoms with Crippen molar-refractivity contribution in [3.05, 3.63) is 254 Å². The Hall–Kier alpha value is -12.4. The first kappa shape index (κ1) is 103. The van der Waals surface area contributed by atoms with Crippen molar-refractivity contribution < 1.29 is 51.7 Å². The first-order valence-corrected chi connectivity index (χ1v) is 46.2. The average molecular weight is 2080 g/mol. The minimum absolute atomic E-state index is 0.0562. The first-order valence-electron chi connectivity index (χ1n) is 42.4. The van der Waals surface area contributed by atoms with E-state index in [2.05, 4.69) is 62.9 Å². The fourth-order valence-electron chi connectivity index (χ4n) is 17.4. The third-order valence-corrected chi connectivity index (χ3v) is 27.4. The molecule has 27 nitrogen and oxygen atoms in total. The van der Waals surface area contributed by atoms with Crippen LogP contribution in [0.2, 0.25) is 50.2 Å². The van der Waals surface area contributed by atoms with Crippen LogP contribution in [-0.2, 0) is 14.4 Å². The summed E-state index contributed by atoms with van der Waals surface area (Å²) in [6.45, 7) is 35.3. The number of carbonyl (C=O) groups is 3. The fraction of sp³-hybridized carbons (Fsp3) is 0.281. The number of halogens is 15. The Morgan fingerprint density at radius 3 is 0.913 bits per heavy atom. The zero-order valence-electron chi connectivity index (χ0n) is 75.4. The highest BCUT2D eigenvalue weighted by molar-refractivity contribution is 6.47. The molecule has 3 N–H and O–H groups in total. The number of carbonyl (C=O) groups excluding carboxylic acids is 3. The van der Waals surface area contributed by atoms with Crippen molar-refractivity contribution in [2.45, 2.75) is 119 Å².